The van der Waals surface area contributed by atoms with E-state index in [0.29, 0.717) is 37.0 Å². The highest BCUT2D eigenvalue weighted by atomic mass is 35.5. The molecule has 0 saturated carbocycles. The third kappa shape index (κ3) is 6.26. The van der Waals surface area contributed by atoms with Crippen LogP contribution in [-0.2, 0) is 9.59 Å². The molecule has 1 fully saturated rings. The zero-order valence-corrected chi connectivity index (χ0v) is 21.6. The maximum Gasteiger partial charge on any atom is 0.271 e. The van der Waals surface area contributed by atoms with Gasteiger partial charge in [0.15, 0.2) is 22.4 Å². The number of rotatable bonds is 8. The predicted octanol–water partition coefficient (Wildman–Crippen LogP) is 5.68. The number of anilines is 2. The molecule has 3 aromatic rings. The Morgan fingerprint density at radius 3 is 2.62 bits per heavy atom. The van der Waals surface area contributed by atoms with Gasteiger partial charge in [0.2, 0.25) is 0 Å². The molecular formula is C25H18ClN3O6S2. The molecule has 12 heteroatoms. The summed E-state index contributed by atoms with van der Waals surface area (Å²) in [5, 5.41) is 14.0. The summed E-state index contributed by atoms with van der Waals surface area (Å²) < 4.78 is 11.4. The molecule has 0 aliphatic carbocycles. The first kappa shape index (κ1) is 26.1. The molecule has 1 aliphatic rings. The molecule has 0 aromatic heterocycles. The number of ether oxygens (including phenoxy) is 2. The number of halogens is 1. The van der Waals surface area contributed by atoms with E-state index in [1.165, 1.54) is 48.0 Å². The Balaban J connectivity index is 1.44. The van der Waals surface area contributed by atoms with Gasteiger partial charge in [-0.15, -0.1) is 0 Å². The molecule has 0 bridgehead atoms. The molecule has 1 saturated heterocycles. The van der Waals surface area contributed by atoms with E-state index in [2.05, 4.69) is 5.32 Å². The molecule has 0 atom stereocenters. The average Bonchev–Trinajstić information content (AvgIpc) is 3.16. The molecule has 3 aromatic carbocycles. The van der Waals surface area contributed by atoms with Gasteiger partial charge in [0.25, 0.3) is 17.5 Å². The average molecular weight is 556 g/mol. The van der Waals surface area contributed by atoms with E-state index in [4.69, 9.17) is 33.3 Å². The zero-order valence-electron chi connectivity index (χ0n) is 19.2. The summed E-state index contributed by atoms with van der Waals surface area (Å²) in [5.74, 6) is -0.0976. The van der Waals surface area contributed by atoms with Crippen LogP contribution >= 0.6 is 35.6 Å². The van der Waals surface area contributed by atoms with Crippen molar-refractivity contribution in [2.75, 3.05) is 23.9 Å². The van der Waals surface area contributed by atoms with Gasteiger partial charge in [-0.2, -0.15) is 0 Å². The highest BCUT2D eigenvalue weighted by Crippen LogP contribution is 2.37. The van der Waals surface area contributed by atoms with E-state index in [9.17, 15) is 19.7 Å². The monoisotopic (exact) mass is 555 g/mol. The predicted molar refractivity (Wildman–Crippen MR) is 147 cm³/mol. The summed E-state index contributed by atoms with van der Waals surface area (Å²) in [6.45, 7) is -0.349. The molecule has 0 spiro atoms. The van der Waals surface area contributed by atoms with Crippen molar-refractivity contribution >= 4 is 74.9 Å². The topological polar surface area (TPSA) is 111 Å². The molecule has 1 N–H and O–H groups in total. The maximum atomic E-state index is 13.0. The Labute approximate surface area is 226 Å². The zero-order chi connectivity index (χ0) is 26.5. The molecule has 1 heterocycles. The molecule has 2 amide bonds. The number of carbonyl (C=O) groups is 2. The fraction of sp³-hybridized carbons (Fsp3) is 0.0800. The summed E-state index contributed by atoms with van der Waals surface area (Å²) in [7, 11) is 1.45. The lowest BCUT2D eigenvalue weighted by atomic mass is 10.2. The number of non-ortho nitro benzene ring substituents is 1. The summed E-state index contributed by atoms with van der Waals surface area (Å²) in [6, 6.07) is 17.4. The summed E-state index contributed by atoms with van der Waals surface area (Å²) in [6.07, 6.45) is 1.69. The van der Waals surface area contributed by atoms with E-state index in [1.807, 2.05) is 0 Å². The number of nitro benzene ring substituents is 1. The number of thioether (sulfide) groups is 1. The molecule has 188 valence electrons. The number of hydrogen-bond acceptors (Lipinski definition) is 8. The summed E-state index contributed by atoms with van der Waals surface area (Å²) in [4.78, 5) is 37.5. The molecule has 37 heavy (non-hydrogen) atoms. The van der Waals surface area contributed by atoms with Gasteiger partial charge in [0.1, 0.15) is 0 Å². The Kier molecular flexibility index (Phi) is 8.07. The van der Waals surface area contributed by atoms with E-state index in [1.54, 1.807) is 48.5 Å². The Morgan fingerprint density at radius 1 is 1.16 bits per heavy atom. The number of nitrogens with one attached hydrogen (secondary N) is 1. The summed E-state index contributed by atoms with van der Waals surface area (Å²) in [5.41, 5.74) is 1.43. The van der Waals surface area contributed by atoms with Crippen LogP contribution in [0.15, 0.2) is 71.6 Å². The van der Waals surface area contributed by atoms with E-state index in [0.717, 1.165) is 0 Å². The first-order valence-corrected chi connectivity index (χ1v) is 12.2. The Bertz CT molecular complexity index is 1430. The Hall–Kier alpha value is -3.93. The minimum atomic E-state index is -0.547. The second kappa shape index (κ2) is 11.4. The van der Waals surface area contributed by atoms with Crippen LogP contribution in [0.4, 0.5) is 17.1 Å². The smallest absolute Gasteiger partial charge is 0.271 e. The van der Waals surface area contributed by atoms with Crippen molar-refractivity contribution in [1.82, 2.24) is 0 Å². The lowest BCUT2D eigenvalue weighted by Gasteiger charge is -2.14. The fourth-order valence-electron chi connectivity index (χ4n) is 3.36. The largest absolute Gasteiger partial charge is 0.493 e. The van der Waals surface area contributed by atoms with Crippen LogP contribution in [0, 0.1) is 10.1 Å². The summed E-state index contributed by atoms with van der Waals surface area (Å²) >= 11 is 12.5. The van der Waals surface area contributed by atoms with Crippen molar-refractivity contribution in [3.63, 3.8) is 0 Å². The van der Waals surface area contributed by atoms with Crippen LogP contribution in [0.2, 0.25) is 5.02 Å². The molecule has 1 aliphatic heterocycles. The van der Waals surface area contributed by atoms with Gasteiger partial charge < -0.3 is 14.8 Å². The minimum absolute atomic E-state index is 0.138. The van der Waals surface area contributed by atoms with Gasteiger partial charge >= 0.3 is 0 Å². The molecular weight excluding hydrogens is 538 g/mol. The maximum absolute atomic E-state index is 13.0. The van der Waals surface area contributed by atoms with E-state index >= 15 is 0 Å². The number of amides is 2. The van der Waals surface area contributed by atoms with Crippen molar-refractivity contribution in [2.45, 2.75) is 0 Å². The molecule has 0 radical (unpaired) electrons. The van der Waals surface area contributed by atoms with Crippen molar-refractivity contribution in [3.8, 4) is 11.5 Å². The number of nitro groups is 1. The Morgan fingerprint density at radius 2 is 1.92 bits per heavy atom. The van der Waals surface area contributed by atoms with E-state index < -0.39 is 10.8 Å². The number of nitrogens with zero attached hydrogens (tertiary/aromatic N) is 2. The third-order valence-corrected chi connectivity index (χ3v) is 6.62. The molecule has 0 unspecified atom stereocenters. The second-order valence-corrected chi connectivity index (χ2v) is 9.66. The highest BCUT2D eigenvalue weighted by Gasteiger charge is 2.33. The van der Waals surface area contributed by atoms with Crippen molar-refractivity contribution in [1.29, 1.82) is 0 Å². The lowest BCUT2D eigenvalue weighted by molar-refractivity contribution is -0.384. The van der Waals surface area contributed by atoms with Gasteiger partial charge in [-0.25, -0.2) is 0 Å². The van der Waals surface area contributed by atoms with Crippen LogP contribution in [-0.4, -0.2) is 34.8 Å². The third-order valence-electron chi connectivity index (χ3n) is 5.06. The normalized spacial score (nSPS) is 14.1. The first-order chi connectivity index (χ1) is 17.7. The van der Waals surface area contributed by atoms with Crippen LogP contribution < -0.4 is 19.7 Å². The van der Waals surface area contributed by atoms with E-state index in [-0.39, 0.29) is 23.9 Å². The van der Waals surface area contributed by atoms with Crippen LogP contribution in [0.1, 0.15) is 5.56 Å². The van der Waals surface area contributed by atoms with Gasteiger partial charge in [-0.1, -0.05) is 47.7 Å². The lowest BCUT2D eigenvalue weighted by Crippen LogP contribution is -2.27. The van der Waals surface area contributed by atoms with Gasteiger partial charge in [-0.05, 0) is 54.1 Å². The van der Waals surface area contributed by atoms with Crippen molar-refractivity contribution in [2.24, 2.45) is 0 Å². The van der Waals surface area contributed by atoms with Crippen LogP contribution in [0.25, 0.3) is 6.08 Å². The molecule has 4 rings (SSSR count). The van der Waals surface area contributed by atoms with Crippen molar-refractivity contribution < 1.29 is 24.0 Å². The number of methoxy groups -OCH3 is 1. The van der Waals surface area contributed by atoms with Crippen LogP contribution in [0.3, 0.4) is 0 Å². The van der Waals surface area contributed by atoms with Gasteiger partial charge in [0, 0.05) is 22.8 Å². The number of thiocarbonyl (C=S) groups is 1. The van der Waals surface area contributed by atoms with Crippen molar-refractivity contribution in [3.05, 3.63) is 92.3 Å². The first-order valence-electron chi connectivity index (χ1n) is 10.6. The minimum Gasteiger partial charge on any atom is -0.493 e. The second-order valence-electron chi connectivity index (χ2n) is 7.55. The number of carbonyl (C=O) groups excluding carboxylic acids is 2. The number of benzene rings is 3. The SMILES string of the molecule is COc1cc(/C=C2/SC(=S)N(c3ccc(Cl)cc3)C2=O)ccc1OCC(=O)Nc1cccc([N+](=O)[O-])c1. The van der Waals surface area contributed by atoms with Gasteiger partial charge in [-0.3, -0.25) is 24.6 Å². The highest BCUT2D eigenvalue weighted by molar-refractivity contribution is 8.27. The molecule has 9 nitrogen and oxygen atoms in total. The van der Waals surface area contributed by atoms with Gasteiger partial charge in [0.05, 0.1) is 22.6 Å². The quantitative estimate of drug-likeness (QED) is 0.163. The standard InChI is InChI=1S/C25H18ClN3O6S2/c1-34-21-11-15(12-22-24(31)28(25(36)37-22)18-8-6-16(26)7-9-18)5-10-20(21)35-14-23(30)27-17-3-2-4-19(13-17)29(32)33/h2-13H,14H2,1H3,(H,27,30)/b22-12+. The van der Waals surface area contributed by atoms with Crippen LogP contribution in [0.5, 0.6) is 11.5 Å². The fourth-order valence-corrected chi connectivity index (χ4v) is 4.79. The number of hydrogen-bond donors (Lipinski definition) is 1.